The average Bonchev–Trinajstić information content (AvgIpc) is 2.85. The van der Waals surface area contributed by atoms with Crippen molar-refractivity contribution in [2.24, 2.45) is 11.8 Å². The number of aryl methyl sites for hydroxylation is 1. The van der Waals surface area contributed by atoms with E-state index < -0.39 is 0 Å². The van der Waals surface area contributed by atoms with Crippen LogP contribution < -0.4 is 5.32 Å². The summed E-state index contributed by atoms with van der Waals surface area (Å²) in [5.74, 6) is 1.94. The Morgan fingerprint density at radius 1 is 1.33 bits per heavy atom. The van der Waals surface area contributed by atoms with Gasteiger partial charge in [-0.2, -0.15) is 0 Å². The summed E-state index contributed by atoms with van der Waals surface area (Å²) in [4.78, 5) is 5.77. The zero-order valence-electron chi connectivity index (χ0n) is 11.7. The highest BCUT2D eigenvalue weighted by Gasteiger charge is 2.17. The lowest BCUT2D eigenvalue weighted by atomic mass is 9.81. The van der Waals surface area contributed by atoms with Crippen LogP contribution in [0, 0.1) is 11.8 Å². The average molecular weight is 266 g/mol. The van der Waals surface area contributed by atoms with Crippen LogP contribution in [0.15, 0.2) is 6.20 Å². The molecule has 1 aromatic rings. The fourth-order valence-corrected chi connectivity index (χ4v) is 3.56. The van der Waals surface area contributed by atoms with Crippen LogP contribution in [0.1, 0.15) is 55.8 Å². The maximum atomic E-state index is 4.39. The number of hydrogen-bond acceptors (Lipinski definition) is 3. The third kappa shape index (κ3) is 4.36. The second kappa shape index (κ2) is 7.25. The van der Waals surface area contributed by atoms with Gasteiger partial charge in [0.25, 0.3) is 0 Å². The molecule has 1 fully saturated rings. The Balaban J connectivity index is 1.58. The van der Waals surface area contributed by atoms with E-state index in [9.17, 15) is 0 Å². The van der Waals surface area contributed by atoms with Crippen molar-refractivity contribution in [2.75, 3.05) is 6.54 Å². The molecule has 1 aliphatic carbocycles. The fraction of sp³-hybridized carbons (Fsp3) is 0.800. The Hall–Kier alpha value is -0.410. The molecule has 102 valence electrons. The summed E-state index contributed by atoms with van der Waals surface area (Å²) in [5, 5.41) is 4.83. The van der Waals surface area contributed by atoms with Crippen LogP contribution in [0.5, 0.6) is 0 Å². The molecule has 2 nitrogen and oxygen atoms in total. The molecule has 3 heteroatoms. The standard InChI is InChI=1S/C15H26N2S/c1-3-15-17-11-14(18-15)10-16-9-8-13-6-4-12(2)5-7-13/h11-13,16H,3-10H2,1-2H3. The minimum absolute atomic E-state index is 0.971. The van der Waals surface area contributed by atoms with E-state index in [1.165, 1.54) is 48.5 Å². The number of hydrogen-bond donors (Lipinski definition) is 1. The lowest BCUT2D eigenvalue weighted by Crippen LogP contribution is -2.20. The molecule has 0 aliphatic heterocycles. The van der Waals surface area contributed by atoms with E-state index in [1.807, 2.05) is 17.5 Å². The van der Waals surface area contributed by atoms with E-state index in [-0.39, 0.29) is 0 Å². The molecule has 1 saturated carbocycles. The molecule has 0 spiro atoms. The SMILES string of the molecule is CCc1ncc(CNCCC2CCC(C)CC2)s1. The Kier molecular flexibility index (Phi) is 5.64. The van der Waals surface area contributed by atoms with E-state index in [2.05, 4.69) is 24.1 Å². The lowest BCUT2D eigenvalue weighted by molar-refractivity contribution is 0.275. The van der Waals surface area contributed by atoms with Gasteiger partial charge in [0.05, 0.1) is 5.01 Å². The number of rotatable bonds is 6. The molecule has 0 radical (unpaired) electrons. The van der Waals surface area contributed by atoms with E-state index >= 15 is 0 Å². The monoisotopic (exact) mass is 266 g/mol. The topological polar surface area (TPSA) is 24.9 Å². The first kappa shape index (κ1) is 14.0. The van der Waals surface area contributed by atoms with Crippen LogP contribution in [-0.4, -0.2) is 11.5 Å². The Bertz CT molecular complexity index is 340. The van der Waals surface area contributed by atoms with Crippen molar-refractivity contribution in [3.8, 4) is 0 Å². The molecule has 1 heterocycles. The minimum atomic E-state index is 0.971. The van der Waals surface area contributed by atoms with Crippen LogP contribution in [0.2, 0.25) is 0 Å². The minimum Gasteiger partial charge on any atom is -0.312 e. The zero-order chi connectivity index (χ0) is 12.8. The summed E-state index contributed by atoms with van der Waals surface area (Å²) < 4.78 is 0. The second-order valence-electron chi connectivity index (χ2n) is 5.67. The smallest absolute Gasteiger partial charge is 0.0925 e. The van der Waals surface area contributed by atoms with Crippen LogP contribution in [0.25, 0.3) is 0 Å². The molecule has 0 amide bonds. The van der Waals surface area contributed by atoms with Crippen molar-refractivity contribution in [2.45, 2.75) is 58.9 Å². The number of nitrogens with one attached hydrogen (secondary N) is 1. The van der Waals surface area contributed by atoms with Gasteiger partial charge in [-0.1, -0.05) is 39.5 Å². The molecule has 0 unspecified atom stereocenters. The molecule has 1 aromatic heterocycles. The normalized spacial score (nSPS) is 24.3. The van der Waals surface area contributed by atoms with Crippen LogP contribution in [0.3, 0.4) is 0 Å². The zero-order valence-corrected chi connectivity index (χ0v) is 12.6. The highest BCUT2D eigenvalue weighted by Crippen LogP contribution is 2.29. The predicted octanol–water partition coefficient (Wildman–Crippen LogP) is 4.01. The molecule has 0 aromatic carbocycles. The lowest BCUT2D eigenvalue weighted by Gasteiger charge is -2.26. The quantitative estimate of drug-likeness (QED) is 0.787. The van der Waals surface area contributed by atoms with E-state index in [0.717, 1.165) is 24.8 Å². The van der Waals surface area contributed by atoms with Crippen molar-refractivity contribution < 1.29 is 0 Å². The van der Waals surface area contributed by atoms with Gasteiger partial charge in [0.1, 0.15) is 0 Å². The first-order chi connectivity index (χ1) is 8.78. The number of aromatic nitrogens is 1. The van der Waals surface area contributed by atoms with Crippen LogP contribution in [0.4, 0.5) is 0 Å². The fourth-order valence-electron chi connectivity index (χ4n) is 2.73. The second-order valence-corrected chi connectivity index (χ2v) is 6.86. The maximum Gasteiger partial charge on any atom is 0.0925 e. The van der Waals surface area contributed by atoms with Crippen molar-refractivity contribution in [3.63, 3.8) is 0 Å². The molecule has 18 heavy (non-hydrogen) atoms. The van der Waals surface area contributed by atoms with E-state index in [0.29, 0.717) is 0 Å². The van der Waals surface area contributed by atoms with Crippen LogP contribution >= 0.6 is 11.3 Å². The van der Waals surface area contributed by atoms with E-state index in [1.54, 1.807) is 0 Å². The van der Waals surface area contributed by atoms with Gasteiger partial charge in [-0.05, 0) is 31.2 Å². The predicted molar refractivity (Wildman–Crippen MR) is 78.9 cm³/mol. The van der Waals surface area contributed by atoms with Gasteiger partial charge in [0.15, 0.2) is 0 Å². The number of nitrogens with zero attached hydrogens (tertiary/aromatic N) is 1. The molecule has 1 aliphatic rings. The first-order valence-corrected chi connectivity index (χ1v) is 8.24. The van der Waals surface area contributed by atoms with Gasteiger partial charge in [-0.15, -0.1) is 11.3 Å². The Morgan fingerprint density at radius 2 is 2.11 bits per heavy atom. The molecular weight excluding hydrogens is 240 g/mol. The molecular formula is C15H26N2S. The molecule has 0 atom stereocenters. The summed E-state index contributed by atoms with van der Waals surface area (Å²) in [6.07, 6.45) is 10.2. The van der Waals surface area contributed by atoms with Crippen molar-refractivity contribution in [3.05, 3.63) is 16.1 Å². The first-order valence-electron chi connectivity index (χ1n) is 7.42. The highest BCUT2D eigenvalue weighted by molar-refractivity contribution is 7.11. The van der Waals surface area contributed by atoms with Crippen LogP contribution in [-0.2, 0) is 13.0 Å². The third-order valence-electron chi connectivity index (χ3n) is 4.07. The summed E-state index contributed by atoms with van der Waals surface area (Å²) >= 11 is 1.85. The Morgan fingerprint density at radius 3 is 2.78 bits per heavy atom. The maximum absolute atomic E-state index is 4.39. The summed E-state index contributed by atoms with van der Waals surface area (Å²) in [7, 11) is 0. The van der Waals surface area contributed by atoms with Crippen molar-refractivity contribution >= 4 is 11.3 Å². The van der Waals surface area contributed by atoms with Gasteiger partial charge in [-0.25, -0.2) is 4.98 Å². The van der Waals surface area contributed by atoms with Crippen molar-refractivity contribution in [1.29, 1.82) is 0 Å². The number of thiazole rings is 1. The molecule has 0 saturated heterocycles. The molecule has 0 bridgehead atoms. The van der Waals surface area contributed by atoms with Gasteiger partial charge in [0.2, 0.25) is 0 Å². The summed E-state index contributed by atoms with van der Waals surface area (Å²) in [5.41, 5.74) is 0. The van der Waals surface area contributed by atoms with Gasteiger partial charge < -0.3 is 5.32 Å². The molecule has 1 N–H and O–H groups in total. The molecule has 2 rings (SSSR count). The third-order valence-corrected chi connectivity index (χ3v) is 5.21. The summed E-state index contributed by atoms with van der Waals surface area (Å²) in [6.45, 7) is 6.73. The van der Waals surface area contributed by atoms with Gasteiger partial charge in [0, 0.05) is 17.6 Å². The Labute approximate surface area is 115 Å². The van der Waals surface area contributed by atoms with Crippen molar-refractivity contribution in [1.82, 2.24) is 10.3 Å². The summed E-state index contributed by atoms with van der Waals surface area (Å²) in [6, 6.07) is 0. The van der Waals surface area contributed by atoms with E-state index in [4.69, 9.17) is 0 Å². The largest absolute Gasteiger partial charge is 0.312 e. The highest BCUT2D eigenvalue weighted by atomic mass is 32.1. The van der Waals surface area contributed by atoms with Gasteiger partial charge in [-0.3, -0.25) is 0 Å². The van der Waals surface area contributed by atoms with Gasteiger partial charge >= 0.3 is 0 Å².